The Bertz CT molecular complexity index is 950. The number of hydrogen-bond acceptors (Lipinski definition) is 5. The van der Waals surface area contributed by atoms with Gasteiger partial charge in [0.15, 0.2) is 0 Å². The van der Waals surface area contributed by atoms with Gasteiger partial charge in [-0.15, -0.1) is 0 Å². The maximum Gasteiger partial charge on any atom is 0.269 e. The van der Waals surface area contributed by atoms with Gasteiger partial charge in [-0.25, -0.2) is 0 Å². The van der Waals surface area contributed by atoms with E-state index in [1.54, 1.807) is 30.2 Å². The van der Waals surface area contributed by atoms with E-state index in [9.17, 15) is 19.7 Å². The lowest BCUT2D eigenvalue weighted by Crippen LogP contribution is -2.46. The van der Waals surface area contributed by atoms with Crippen LogP contribution in [-0.4, -0.2) is 64.0 Å². The van der Waals surface area contributed by atoms with Crippen LogP contribution >= 0.6 is 0 Å². The van der Waals surface area contributed by atoms with E-state index in [4.69, 9.17) is 4.74 Å². The predicted octanol–water partition coefficient (Wildman–Crippen LogP) is 2.86. The number of rotatable bonds is 11. The third kappa shape index (κ3) is 7.05. The van der Waals surface area contributed by atoms with E-state index in [0.717, 1.165) is 5.69 Å². The molecule has 1 aromatic heterocycles. The van der Waals surface area contributed by atoms with Crippen molar-refractivity contribution in [2.45, 2.75) is 26.4 Å². The van der Waals surface area contributed by atoms with Gasteiger partial charge in [-0.2, -0.15) is 0 Å². The number of carbonyl (C=O) groups is 2. The molecule has 0 aliphatic heterocycles. The Balaban J connectivity index is 2.09. The smallest absolute Gasteiger partial charge is 0.269 e. The summed E-state index contributed by atoms with van der Waals surface area (Å²) in [7, 11) is 3.50. The Labute approximate surface area is 188 Å². The van der Waals surface area contributed by atoms with Crippen molar-refractivity contribution in [1.82, 2.24) is 14.4 Å². The summed E-state index contributed by atoms with van der Waals surface area (Å²) in [5.41, 5.74) is 1.62. The normalized spacial score (nSPS) is 11.2. The summed E-state index contributed by atoms with van der Waals surface area (Å²) in [6.45, 7) is 4.87. The van der Waals surface area contributed by atoms with E-state index in [0.29, 0.717) is 25.3 Å². The first kappa shape index (κ1) is 24.8. The van der Waals surface area contributed by atoms with Crippen LogP contribution in [0.5, 0.6) is 0 Å². The average Bonchev–Trinajstić information content (AvgIpc) is 3.17. The van der Waals surface area contributed by atoms with Crippen LogP contribution < -0.4 is 0 Å². The molecular formula is C23H30N4O5. The second kappa shape index (κ2) is 11.8. The number of aryl methyl sites for hydroxylation is 1. The summed E-state index contributed by atoms with van der Waals surface area (Å²) < 4.78 is 7.10. The van der Waals surface area contributed by atoms with Crippen LogP contribution in [0.1, 0.15) is 25.1 Å². The summed E-state index contributed by atoms with van der Waals surface area (Å²) in [6, 6.07) is 9.58. The van der Waals surface area contributed by atoms with Gasteiger partial charge in [0.05, 0.1) is 18.1 Å². The minimum atomic E-state index is -0.477. The third-order valence-corrected chi connectivity index (χ3v) is 5.06. The molecular weight excluding hydrogens is 412 g/mol. The number of benzene rings is 1. The molecule has 2 rings (SSSR count). The SMILES string of the molecule is COCCN(Cc1cccn1C)C(=O)CN(C(=O)/C=C/c1ccc([N+](=O)[O-])cc1)C(C)C. The highest BCUT2D eigenvalue weighted by Crippen LogP contribution is 2.14. The van der Waals surface area contributed by atoms with Crippen LogP contribution in [0.25, 0.3) is 6.08 Å². The summed E-state index contributed by atoms with van der Waals surface area (Å²) in [6.07, 6.45) is 4.88. The molecule has 0 unspecified atom stereocenters. The molecule has 1 aromatic carbocycles. The second-order valence-corrected chi connectivity index (χ2v) is 7.66. The second-order valence-electron chi connectivity index (χ2n) is 7.66. The first-order valence-electron chi connectivity index (χ1n) is 10.3. The van der Waals surface area contributed by atoms with Crippen molar-refractivity contribution in [2.24, 2.45) is 7.05 Å². The Morgan fingerprint density at radius 1 is 1.22 bits per heavy atom. The quantitative estimate of drug-likeness (QED) is 0.303. The van der Waals surface area contributed by atoms with Crippen molar-refractivity contribution >= 4 is 23.6 Å². The number of nitro benzene ring substituents is 1. The first-order valence-corrected chi connectivity index (χ1v) is 10.3. The Hall–Kier alpha value is -3.46. The molecule has 0 N–H and O–H groups in total. The van der Waals surface area contributed by atoms with Crippen molar-refractivity contribution in [3.8, 4) is 0 Å². The van der Waals surface area contributed by atoms with Crippen molar-refractivity contribution in [1.29, 1.82) is 0 Å². The molecule has 9 nitrogen and oxygen atoms in total. The first-order chi connectivity index (χ1) is 15.2. The number of aromatic nitrogens is 1. The Morgan fingerprint density at radius 2 is 1.91 bits per heavy atom. The molecule has 0 bridgehead atoms. The zero-order valence-corrected chi connectivity index (χ0v) is 18.9. The van der Waals surface area contributed by atoms with E-state index in [1.807, 2.05) is 43.8 Å². The van der Waals surface area contributed by atoms with Crippen LogP contribution in [0.3, 0.4) is 0 Å². The molecule has 0 spiro atoms. The van der Waals surface area contributed by atoms with Crippen molar-refractivity contribution in [3.63, 3.8) is 0 Å². The van der Waals surface area contributed by atoms with Crippen LogP contribution in [0.4, 0.5) is 5.69 Å². The van der Waals surface area contributed by atoms with E-state index in [2.05, 4.69) is 0 Å². The molecule has 0 aliphatic carbocycles. The van der Waals surface area contributed by atoms with Gasteiger partial charge in [-0.3, -0.25) is 19.7 Å². The molecule has 0 saturated carbocycles. The number of methoxy groups -OCH3 is 1. The van der Waals surface area contributed by atoms with Crippen LogP contribution in [0.15, 0.2) is 48.7 Å². The molecule has 32 heavy (non-hydrogen) atoms. The lowest BCUT2D eigenvalue weighted by Gasteiger charge is -2.29. The molecule has 1 heterocycles. The number of carbonyl (C=O) groups excluding carboxylic acids is 2. The predicted molar refractivity (Wildman–Crippen MR) is 122 cm³/mol. The van der Waals surface area contributed by atoms with Gasteiger partial charge in [-0.05, 0) is 49.8 Å². The largest absolute Gasteiger partial charge is 0.383 e. The standard InChI is InChI=1S/C23H30N4O5/c1-18(2)26(22(28)12-9-19-7-10-20(11-8-19)27(30)31)17-23(29)25(14-15-32-4)16-21-6-5-13-24(21)3/h5-13,18H,14-17H2,1-4H3/b12-9+. The van der Waals surface area contributed by atoms with Gasteiger partial charge < -0.3 is 19.1 Å². The molecule has 172 valence electrons. The highest BCUT2D eigenvalue weighted by molar-refractivity contribution is 5.94. The minimum absolute atomic E-state index is 0.0164. The number of nitro groups is 1. The summed E-state index contributed by atoms with van der Waals surface area (Å²) in [5, 5.41) is 10.8. The zero-order chi connectivity index (χ0) is 23.7. The number of nitrogens with zero attached hydrogens (tertiary/aromatic N) is 4. The summed E-state index contributed by atoms with van der Waals surface area (Å²) >= 11 is 0. The minimum Gasteiger partial charge on any atom is -0.383 e. The maximum absolute atomic E-state index is 13.1. The van der Waals surface area contributed by atoms with Crippen molar-refractivity contribution in [2.75, 3.05) is 26.8 Å². The topological polar surface area (TPSA) is 97.9 Å². The van der Waals surface area contributed by atoms with Crippen molar-refractivity contribution in [3.05, 3.63) is 70.0 Å². The molecule has 9 heteroatoms. The van der Waals surface area contributed by atoms with Gasteiger partial charge in [0.25, 0.3) is 5.69 Å². The molecule has 0 atom stereocenters. The number of hydrogen-bond donors (Lipinski definition) is 0. The lowest BCUT2D eigenvalue weighted by atomic mass is 10.2. The lowest BCUT2D eigenvalue weighted by molar-refractivity contribution is -0.384. The molecule has 0 fully saturated rings. The Morgan fingerprint density at radius 3 is 2.44 bits per heavy atom. The monoisotopic (exact) mass is 442 g/mol. The number of non-ortho nitro benzene ring substituents is 1. The fourth-order valence-electron chi connectivity index (χ4n) is 3.08. The van der Waals surface area contributed by atoms with Gasteiger partial charge in [0.2, 0.25) is 11.8 Å². The molecule has 0 aliphatic rings. The maximum atomic E-state index is 13.1. The van der Waals surface area contributed by atoms with Crippen LogP contribution in [0.2, 0.25) is 0 Å². The Kier molecular flexibility index (Phi) is 9.15. The molecule has 0 saturated heterocycles. The fraction of sp³-hybridized carbons (Fsp3) is 0.391. The van der Waals surface area contributed by atoms with E-state index in [-0.39, 0.29) is 30.1 Å². The zero-order valence-electron chi connectivity index (χ0n) is 18.9. The highest BCUT2D eigenvalue weighted by Gasteiger charge is 2.22. The summed E-state index contributed by atoms with van der Waals surface area (Å²) in [5.74, 6) is -0.480. The van der Waals surface area contributed by atoms with Gasteiger partial charge in [0.1, 0.15) is 6.54 Å². The number of amides is 2. The van der Waals surface area contributed by atoms with Gasteiger partial charge in [0, 0.05) is 56.8 Å². The van der Waals surface area contributed by atoms with Crippen LogP contribution in [0, 0.1) is 10.1 Å². The van der Waals surface area contributed by atoms with E-state index in [1.165, 1.54) is 23.1 Å². The highest BCUT2D eigenvalue weighted by atomic mass is 16.6. The summed E-state index contributed by atoms with van der Waals surface area (Å²) in [4.78, 5) is 39.3. The van der Waals surface area contributed by atoms with E-state index >= 15 is 0 Å². The van der Waals surface area contributed by atoms with Crippen molar-refractivity contribution < 1.29 is 19.2 Å². The fourth-order valence-corrected chi connectivity index (χ4v) is 3.08. The van der Waals surface area contributed by atoms with E-state index < -0.39 is 4.92 Å². The van der Waals surface area contributed by atoms with Gasteiger partial charge in [-0.1, -0.05) is 0 Å². The molecule has 0 radical (unpaired) electrons. The average molecular weight is 443 g/mol. The molecule has 2 amide bonds. The third-order valence-electron chi connectivity index (χ3n) is 5.06. The molecule has 2 aromatic rings. The number of ether oxygens (including phenoxy) is 1. The van der Waals surface area contributed by atoms with Crippen LogP contribution in [-0.2, 0) is 27.9 Å². The van der Waals surface area contributed by atoms with Gasteiger partial charge >= 0.3 is 0 Å².